The molecule has 1 heterocycles. The molecule has 1 aliphatic rings. The number of ether oxygens (including phenoxy) is 1. The molecule has 0 aromatic carbocycles. The summed E-state index contributed by atoms with van der Waals surface area (Å²) in [5.41, 5.74) is 0. The van der Waals surface area contributed by atoms with E-state index in [1.807, 2.05) is 0 Å². The number of aliphatic carboxylic acids is 1. The number of rotatable bonds is 8. The first-order valence-corrected chi connectivity index (χ1v) is 8.40. The SMILES string of the molecule is COCCCC(NS(=O)(=O)N1CCCCCC1)C(=O)O. The molecule has 0 spiro atoms. The molecule has 2 N–H and O–H groups in total. The standard InChI is InChI=1S/C12H24N2O5S/c1-19-10-6-7-11(12(15)16)13-20(17,18)14-8-4-2-3-5-9-14/h11,13H,2-10H2,1H3,(H,15,16). The third kappa shape index (κ3) is 5.74. The van der Waals surface area contributed by atoms with Gasteiger partial charge in [-0.15, -0.1) is 0 Å². The Balaban J connectivity index is 2.62. The summed E-state index contributed by atoms with van der Waals surface area (Å²) in [6.45, 7) is 1.33. The van der Waals surface area contributed by atoms with Crippen molar-refractivity contribution in [3.8, 4) is 0 Å². The van der Waals surface area contributed by atoms with Crippen molar-refractivity contribution < 1.29 is 23.1 Å². The van der Waals surface area contributed by atoms with E-state index in [1.165, 1.54) is 11.4 Å². The van der Waals surface area contributed by atoms with Crippen molar-refractivity contribution in [2.75, 3.05) is 26.8 Å². The van der Waals surface area contributed by atoms with Gasteiger partial charge in [0.15, 0.2) is 0 Å². The van der Waals surface area contributed by atoms with Crippen LogP contribution in [0.25, 0.3) is 0 Å². The molecule has 0 aromatic rings. The first kappa shape index (κ1) is 17.4. The molecule has 1 atom stereocenters. The third-order valence-electron chi connectivity index (χ3n) is 3.34. The van der Waals surface area contributed by atoms with Crippen molar-refractivity contribution in [3.05, 3.63) is 0 Å². The fourth-order valence-electron chi connectivity index (χ4n) is 2.20. The molecule has 1 unspecified atom stereocenters. The van der Waals surface area contributed by atoms with Gasteiger partial charge in [0.25, 0.3) is 10.2 Å². The van der Waals surface area contributed by atoms with E-state index in [-0.39, 0.29) is 6.42 Å². The monoisotopic (exact) mass is 308 g/mol. The minimum absolute atomic E-state index is 0.218. The molecule has 0 saturated carbocycles. The van der Waals surface area contributed by atoms with Gasteiger partial charge in [0, 0.05) is 26.8 Å². The van der Waals surface area contributed by atoms with Gasteiger partial charge in [-0.2, -0.15) is 17.4 Å². The zero-order valence-corrected chi connectivity index (χ0v) is 12.7. The molecule has 8 heteroatoms. The molecule has 0 amide bonds. The molecule has 118 valence electrons. The van der Waals surface area contributed by atoms with Crippen LogP contribution in [0.5, 0.6) is 0 Å². The minimum Gasteiger partial charge on any atom is -0.480 e. The lowest BCUT2D eigenvalue weighted by atomic mass is 10.2. The van der Waals surface area contributed by atoms with Gasteiger partial charge in [-0.1, -0.05) is 12.8 Å². The van der Waals surface area contributed by atoms with Gasteiger partial charge in [-0.25, -0.2) is 0 Å². The topological polar surface area (TPSA) is 95.9 Å². The number of methoxy groups -OCH3 is 1. The van der Waals surface area contributed by atoms with Gasteiger partial charge in [-0.3, -0.25) is 4.79 Å². The Kier molecular flexibility index (Phi) is 7.42. The number of carboxylic acids is 1. The Hall–Kier alpha value is -0.700. The Morgan fingerprint density at radius 1 is 1.30 bits per heavy atom. The van der Waals surface area contributed by atoms with Crippen LogP contribution in [0.3, 0.4) is 0 Å². The molecular weight excluding hydrogens is 284 g/mol. The van der Waals surface area contributed by atoms with Crippen molar-refractivity contribution >= 4 is 16.2 Å². The zero-order chi connectivity index (χ0) is 15.0. The molecule has 0 aliphatic carbocycles. The highest BCUT2D eigenvalue weighted by molar-refractivity contribution is 7.87. The summed E-state index contributed by atoms with van der Waals surface area (Å²) in [4.78, 5) is 11.1. The predicted molar refractivity (Wildman–Crippen MR) is 74.6 cm³/mol. The molecule has 20 heavy (non-hydrogen) atoms. The summed E-state index contributed by atoms with van der Waals surface area (Å²) < 4.78 is 32.9. The van der Waals surface area contributed by atoms with Gasteiger partial charge < -0.3 is 9.84 Å². The second-order valence-electron chi connectivity index (χ2n) is 4.96. The van der Waals surface area contributed by atoms with E-state index in [9.17, 15) is 13.2 Å². The van der Waals surface area contributed by atoms with E-state index in [0.717, 1.165) is 25.7 Å². The van der Waals surface area contributed by atoms with Gasteiger partial charge in [0.1, 0.15) is 6.04 Å². The lowest BCUT2D eigenvalue weighted by Gasteiger charge is -2.23. The van der Waals surface area contributed by atoms with Crippen LogP contribution >= 0.6 is 0 Å². The molecule has 1 rings (SSSR count). The molecule has 1 aliphatic heterocycles. The minimum atomic E-state index is -3.73. The van der Waals surface area contributed by atoms with Crippen LogP contribution in [0.4, 0.5) is 0 Å². The van der Waals surface area contributed by atoms with E-state index in [4.69, 9.17) is 9.84 Å². The maximum absolute atomic E-state index is 12.2. The van der Waals surface area contributed by atoms with E-state index in [1.54, 1.807) is 0 Å². The van der Waals surface area contributed by atoms with Crippen LogP contribution in [0, 0.1) is 0 Å². The molecule has 1 saturated heterocycles. The van der Waals surface area contributed by atoms with Crippen LogP contribution < -0.4 is 4.72 Å². The third-order valence-corrected chi connectivity index (χ3v) is 4.96. The number of hydrogen-bond acceptors (Lipinski definition) is 4. The maximum atomic E-state index is 12.2. The van der Waals surface area contributed by atoms with Crippen molar-refractivity contribution in [2.45, 2.75) is 44.6 Å². The Labute approximate surface area is 120 Å². The first-order valence-electron chi connectivity index (χ1n) is 6.96. The number of carbonyl (C=O) groups is 1. The van der Waals surface area contributed by atoms with Crippen molar-refractivity contribution in [2.24, 2.45) is 0 Å². The summed E-state index contributed by atoms with van der Waals surface area (Å²) in [5, 5.41) is 9.10. The van der Waals surface area contributed by atoms with Crippen molar-refractivity contribution in [1.82, 2.24) is 9.03 Å². The van der Waals surface area contributed by atoms with Crippen molar-refractivity contribution in [1.29, 1.82) is 0 Å². The molecule has 0 aromatic heterocycles. The number of carboxylic acid groups (broad SMARTS) is 1. The largest absolute Gasteiger partial charge is 0.480 e. The van der Waals surface area contributed by atoms with E-state index < -0.39 is 22.2 Å². The van der Waals surface area contributed by atoms with Crippen LogP contribution in [0.1, 0.15) is 38.5 Å². The zero-order valence-electron chi connectivity index (χ0n) is 11.9. The second kappa shape index (κ2) is 8.56. The average Bonchev–Trinajstić information content (AvgIpc) is 2.66. The molecule has 0 radical (unpaired) electrons. The average molecular weight is 308 g/mol. The Morgan fingerprint density at radius 3 is 2.40 bits per heavy atom. The first-order chi connectivity index (χ1) is 9.47. The van der Waals surface area contributed by atoms with Gasteiger partial charge in [-0.05, 0) is 25.7 Å². The molecular formula is C12H24N2O5S. The van der Waals surface area contributed by atoms with Crippen LogP contribution in [-0.2, 0) is 19.7 Å². The second-order valence-corrected chi connectivity index (χ2v) is 6.66. The number of nitrogens with one attached hydrogen (secondary N) is 1. The highest BCUT2D eigenvalue weighted by Crippen LogP contribution is 2.13. The maximum Gasteiger partial charge on any atom is 0.321 e. The summed E-state index contributed by atoms with van der Waals surface area (Å²) >= 11 is 0. The fourth-order valence-corrected chi connectivity index (χ4v) is 3.67. The van der Waals surface area contributed by atoms with E-state index >= 15 is 0 Å². The number of nitrogens with zero attached hydrogens (tertiary/aromatic N) is 1. The normalized spacial score (nSPS) is 19.4. The summed E-state index contributed by atoms with van der Waals surface area (Å²) in [5.74, 6) is -1.15. The van der Waals surface area contributed by atoms with Gasteiger partial charge in [0.2, 0.25) is 0 Å². The Morgan fingerprint density at radius 2 is 1.90 bits per heavy atom. The van der Waals surface area contributed by atoms with Crippen LogP contribution in [0.15, 0.2) is 0 Å². The van der Waals surface area contributed by atoms with E-state index in [2.05, 4.69) is 4.72 Å². The van der Waals surface area contributed by atoms with Crippen LogP contribution in [-0.4, -0.2) is 56.6 Å². The lowest BCUT2D eigenvalue weighted by Crippen LogP contribution is -2.48. The molecule has 7 nitrogen and oxygen atoms in total. The predicted octanol–water partition coefficient (Wildman–Crippen LogP) is 0.577. The molecule has 0 bridgehead atoms. The highest BCUT2D eigenvalue weighted by atomic mass is 32.2. The number of hydrogen-bond donors (Lipinski definition) is 2. The van der Waals surface area contributed by atoms with Crippen molar-refractivity contribution in [3.63, 3.8) is 0 Å². The van der Waals surface area contributed by atoms with Gasteiger partial charge in [0.05, 0.1) is 0 Å². The fraction of sp³-hybridized carbons (Fsp3) is 0.917. The van der Waals surface area contributed by atoms with E-state index in [0.29, 0.717) is 26.1 Å². The molecule has 1 fully saturated rings. The highest BCUT2D eigenvalue weighted by Gasteiger charge is 2.28. The smallest absolute Gasteiger partial charge is 0.321 e. The van der Waals surface area contributed by atoms with Gasteiger partial charge >= 0.3 is 5.97 Å². The van der Waals surface area contributed by atoms with Crippen LogP contribution in [0.2, 0.25) is 0 Å². The lowest BCUT2D eigenvalue weighted by molar-refractivity contribution is -0.139. The quantitative estimate of drug-likeness (QED) is 0.639. The summed E-state index contributed by atoms with van der Waals surface area (Å²) in [6.07, 6.45) is 4.39. The summed E-state index contributed by atoms with van der Waals surface area (Å²) in [7, 11) is -2.20. The Bertz CT molecular complexity index is 391. The summed E-state index contributed by atoms with van der Waals surface area (Å²) in [6, 6.07) is -1.10.